The number of rotatable bonds is 12. The first kappa shape index (κ1) is 22.2. The van der Waals surface area contributed by atoms with Crippen molar-refractivity contribution in [3.05, 3.63) is 72.2 Å². The third-order valence-corrected chi connectivity index (χ3v) is 5.78. The van der Waals surface area contributed by atoms with Crippen LogP contribution in [0, 0.1) is 0 Å². The normalized spacial score (nSPS) is 11.0. The molecular formula is C28H36N2. The zero-order chi connectivity index (χ0) is 21.0. The number of aryl methyl sites for hydroxylation is 2. The van der Waals surface area contributed by atoms with Gasteiger partial charge in [0.05, 0.1) is 5.69 Å². The minimum atomic E-state index is 0.983. The van der Waals surface area contributed by atoms with Gasteiger partial charge in [-0.05, 0) is 55.0 Å². The number of hydrogen-bond acceptors (Lipinski definition) is 2. The summed E-state index contributed by atoms with van der Waals surface area (Å²) >= 11 is 0. The molecule has 2 aromatic heterocycles. The zero-order valence-corrected chi connectivity index (χ0v) is 18.7. The molecule has 3 rings (SSSR count). The molecule has 0 aliphatic heterocycles. The summed E-state index contributed by atoms with van der Waals surface area (Å²) in [6.07, 6.45) is 16.6. The van der Waals surface area contributed by atoms with Crippen molar-refractivity contribution in [1.82, 2.24) is 9.97 Å². The molecule has 2 heteroatoms. The van der Waals surface area contributed by atoms with Gasteiger partial charge in [0.25, 0.3) is 0 Å². The first-order chi connectivity index (χ1) is 14.8. The van der Waals surface area contributed by atoms with Crippen molar-refractivity contribution in [2.45, 2.75) is 78.1 Å². The van der Waals surface area contributed by atoms with E-state index in [2.05, 4.69) is 67.4 Å². The van der Waals surface area contributed by atoms with Crippen LogP contribution in [0.2, 0.25) is 0 Å². The summed E-state index contributed by atoms with van der Waals surface area (Å²) in [7, 11) is 0. The molecule has 3 aromatic rings. The van der Waals surface area contributed by atoms with Gasteiger partial charge in [0.2, 0.25) is 0 Å². The largest absolute Gasteiger partial charge is 0.261 e. The summed E-state index contributed by atoms with van der Waals surface area (Å²) in [4.78, 5) is 9.35. The Morgan fingerprint density at radius 1 is 0.533 bits per heavy atom. The van der Waals surface area contributed by atoms with E-state index >= 15 is 0 Å². The van der Waals surface area contributed by atoms with Crippen molar-refractivity contribution in [2.24, 2.45) is 0 Å². The van der Waals surface area contributed by atoms with E-state index in [4.69, 9.17) is 4.98 Å². The Labute approximate surface area is 182 Å². The van der Waals surface area contributed by atoms with Crippen LogP contribution in [0.3, 0.4) is 0 Å². The molecule has 30 heavy (non-hydrogen) atoms. The highest BCUT2D eigenvalue weighted by atomic mass is 14.7. The fraction of sp³-hybridized carbons (Fsp3) is 0.429. The highest BCUT2D eigenvalue weighted by Gasteiger charge is 2.04. The van der Waals surface area contributed by atoms with Gasteiger partial charge in [-0.2, -0.15) is 0 Å². The van der Waals surface area contributed by atoms with E-state index in [1.807, 2.05) is 12.4 Å². The molecule has 0 aliphatic carbocycles. The van der Waals surface area contributed by atoms with E-state index in [-0.39, 0.29) is 0 Å². The summed E-state index contributed by atoms with van der Waals surface area (Å²) in [6.45, 7) is 4.50. The average Bonchev–Trinajstić information content (AvgIpc) is 2.81. The second kappa shape index (κ2) is 12.3. The van der Waals surface area contributed by atoms with E-state index < -0.39 is 0 Å². The van der Waals surface area contributed by atoms with Crippen LogP contribution in [0.4, 0.5) is 0 Å². The van der Waals surface area contributed by atoms with Gasteiger partial charge in [-0.25, -0.2) is 0 Å². The van der Waals surface area contributed by atoms with E-state index in [1.54, 1.807) is 0 Å². The minimum Gasteiger partial charge on any atom is -0.261 e. The molecule has 0 aliphatic rings. The lowest BCUT2D eigenvalue weighted by Crippen LogP contribution is -1.92. The average molecular weight is 401 g/mol. The van der Waals surface area contributed by atoms with Crippen LogP contribution >= 0.6 is 0 Å². The van der Waals surface area contributed by atoms with Crippen LogP contribution < -0.4 is 0 Å². The molecule has 0 radical (unpaired) electrons. The Kier molecular flexibility index (Phi) is 9.08. The summed E-state index contributed by atoms with van der Waals surface area (Å²) in [5.41, 5.74) is 7.06. The third kappa shape index (κ3) is 6.79. The molecule has 1 aromatic carbocycles. The van der Waals surface area contributed by atoms with E-state index in [1.165, 1.54) is 68.2 Å². The summed E-state index contributed by atoms with van der Waals surface area (Å²) in [6, 6.07) is 17.5. The zero-order valence-electron chi connectivity index (χ0n) is 18.7. The van der Waals surface area contributed by atoms with E-state index in [0.717, 1.165) is 29.7 Å². The first-order valence-electron chi connectivity index (χ1n) is 11.8. The molecule has 158 valence electrons. The molecule has 0 amide bonds. The second-order valence-electron chi connectivity index (χ2n) is 8.29. The monoisotopic (exact) mass is 400 g/mol. The minimum absolute atomic E-state index is 0.983. The van der Waals surface area contributed by atoms with Crippen molar-refractivity contribution in [3.8, 4) is 22.4 Å². The lowest BCUT2D eigenvalue weighted by Gasteiger charge is -2.07. The topological polar surface area (TPSA) is 25.8 Å². The van der Waals surface area contributed by atoms with Crippen LogP contribution in [0.25, 0.3) is 22.4 Å². The van der Waals surface area contributed by atoms with E-state index in [0.29, 0.717) is 0 Å². The van der Waals surface area contributed by atoms with Crippen LogP contribution in [0.15, 0.2) is 60.9 Å². The molecule has 0 spiro atoms. The van der Waals surface area contributed by atoms with Crippen molar-refractivity contribution in [2.75, 3.05) is 0 Å². The van der Waals surface area contributed by atoms with E-state index in [9.17, 15) is 0 Å². The number of unbranched alkanes of at least 4 members (excludes halogenated alkanes) is 6. The molecule has 0 unspecified atom stereocenters. The van der Waals surface area contributed by atoms with Gasteiger partial charge in [0.1, 0.15) is 0 Å². The third-order valence-electron chi connectivity index (χ3n) is 5.78. The maximum Gasteiger partial charge on any atom is 0.0717 e. The quantitative estimate of drug-likeness (QED) is 0.287. The standard InChI is InChI=1S/C28H36N2/c1-3-5-7-8-9-10-12-27-19-17-26(22-29-27)28-20-18-25(21-30-28)24-15-13-23(14-16-24)11-6-4-2/h13-22H,3-12H2,1-2H3. The molecule has 0 saturated heterocycles. The van der Waals surface area contributed by atoms with Crippen LogP contribution in [-0.2, 0) is 12.8 Å². The van der Waals surface area contributed by atoms with Crippen molar-refractivity contribution in [1.29, 1.82) is 0 Å². The predicted molar refractivity (Wildman–Crippen MR) is 129 cm³/mol. The highest BCUT2D eigenvalue weighted by Crippen LogP contribution is 2.23. The van der Waals surface area contributed by atoms with Crippen LogP contribution in [0.1, 0.15) is 76.5 Å². The van der Waals surface area contributed by atoms with Gasteiger partial charge in [-0.1, -0.05) is 82.7 Å². The van der Waals surface area contributed by atoms with Gasteiger partial charge in [0, 0.05) is 29.2 Å². The number of pyridine rings is 2. The maximum absolute atomic E-state index is 4.69. The number of hydrogen-bond donors (Lipinski definition) is 0. The van der Waals surface area contributed by atoms with Gasteiger partial charge in [0.15, 0.2) is 0 Å². The Hall–Kier alpha value is -2.48. The molecule has 0 saturated carbocycles. The fourth-order valence-electron chi connectivity index (χ4n) is 3.79. The molecule has 0 bridgehead atoms. The maximum atomic E-state index is 4.69. The van der Waals surface area contributed by atoms with Crippen molar-refractivity contribution < 1.29 is 0 Å². The number of benzene rings is 1. The van der Waals surface area contributed by atoms with Gasteiger partial charge in [-0.3, -0.25) is 9.97 Å². The SMILES string of the molecule is CCCCCCCCc1ccc(-c2ccc(-c3ccc(CCCC)cc3)cn2)cn1. The van der Waals surface area contributed by atoms with Crippen LogP contribution in [0.5, 0.6) is 0 Å². The highest BCUT2D eigenvalue weighted by molar-refractivity contribution is 5.66. The summed E-state index contributed by atoms with van der Waals surface area (Å²) < 4.78 is 0. The number of aromatic nitrogens is 2. The molecule has 2 nitrogen and oxygen atoms in total. The van der Waals surface area contributed by atoms with Gasteiger partial charge < -0.3 is 0 Å². The molecule has 0 fully saturated rings. The lowest BCUT2D eigenvalue weighted by molar-refractivity contribution is 0.605. The van der Waals surface area contributed by atoms with Gasteiger partial charge in [-0.15, -0.1) is 0 Å². The van der Waals surface area contributed by atoms with Gasteiger partial charge >= 0.3 is 0 Å². The van der Waals surface area contributed by atoms with Crippen molar-refractivity contribution in [3.63, 3.8) is 0 Å². The fourth-order valence-corrected chi connectivity index (χ4v) is 3.79. The Balaban J connectivity index is 1.54. The van der Waals surface area contributed by atoms with Crippen LogP contribution in [-0.4, -0.2) is 9.97 Å². The summed E-state index contributed by atoms with van der Waals surface area (Å²) in [5, 5.41) is 0. The Morgan fingerprint density at radius 3 is 1.87 bits per heavy atom. The molecular weight excluding hydrogens is 364 g/mol. The smallest absolute Gasteiger partial charge is 0.0717 e. The first-order valence-corrected chi connectivity index (χ1v) is 11.8. The second-order valence-corrected chi connectivity index (χ2v) is 8.29. The molecule has 0 atom stereocenters. The molecule has 0 N–H and O–H groups in total. The molecule has 2 heterocycles. The number of nitrogens with zero attached hydrogens (tertiary/aromatic N) is 2. The summed E-state index contributed by atoms with van der Waals surface area (Å²) in [5.74, 6) is 0. The Morgan fingerprint density at radius 2 is 1.20 bits per heavy atom. The van der Waals surface area contributed by atoms with Crippen molar-refractivity contribution >= 4 is 0 Å². The Bertz CT molecular complexity index is 849. The predicted octanol–water partition coefficient (Wildman–Crippen LogP) is 8.06. The lowest BCUT2D eigenvalue weighted by atomic mass is 10.0.